The molecule has 2 unspecified atom stereocenters. The SMILES string of the molecule is CCC(C)C(NC(=O)[C@H](Cc1ccccc1)NC(=O)[C@@H]1CCCCN1CC(=O)c1cccc(OC)c1)C(=O)OC(C)(C)C. The predicted molar refractivity (Wildman–Crippen MR) is 166 cm³/mol. The lowest BCUT2D eigenvalue weighted by Gasteiger charge is -2.35. The van der Waals surface area contributed by atoms with E-state index in [0.717, 1.165) is 18.4 Å². The number of nitrogens with one attached hydrogen (secondary N) is 2. The van der Waals surface area contributed by atoms with Gasteiger partial charge in [-0.15, -0.1) is 0 Å². The number of methoxy groups -OCH3 is 1. The summed E-state index contributed by atoms with van der Waals surface area (Å²) in [6.07, 6.45) is 3.18. The highest BCUT2D eigenvalue weighted by atomic mass is 16.6. The second-order valence-corrected chi connectivity index (χ2v) is 12.3. The number of ether oxygens (including phenoxy) is 2. The fourth-order valence-electron chi connectivity index (χ4n) is 5.16. The van der Waals surface area contributed by atoms with Crippen molar-refractivity contribution in [3.05, 3.63) is 65.7 Å². The van der Waals surface area contributed by atoms with Crippen molar-refractivity contribution in [2.45, 2.75) is 90.4 Å². The zero-order chi connectivity index (χ0) is 31.6. The predicted octanol–water partition coefficient (Wildman–Crippen LogP) is 4.33. The summed E-state index contributed by atoms with van der Waals surface area (Å²) >= 11 is 0. The number of rotatable bonds is 13. The molecule has 4 atom stereocenters. The lowest BCUT2D eigenvalue weighted by atomic mass is 9.97. The van der Waals surface area contributed by atoms with Gasteiger partial charge in [0.1, 0.15) is 23.4 Å². The molecule has 2 aromatic carbocycles. The fraction of sp³-hybridized carbons (Fsp3) is 0.529. The maximum atomic E-state index is 13.8. The van der Waals surface area contributed by atoms with Gasteiger partial charge in [0, 0.05) is 12.0 Å². The van der Waals surface area contributed by atoms with Gasteiger partial charge >= 0.3 is 5.97 Å². The summed E-state index contributed by atoms with van der Waals surface area (Å²) in [4.78, 5) is 55.7. The Balaban J connectivity index is 1.80. The number of carbonyl (C=O) groups is 4. The van der Waals surface area contributed by atoms with Crippen LogP contribution in [0.2, 0.25) is 0 Å². The van der Waals surface area contributed by atoms with Gasteiger partial charge in [0.2, 0.25) is 11.8 Å². The molecule has 1 saturated heterocycles. The summed E-state index contributed by atoms with van der Waals surface area (Å²) in [5, 5.41) is 5.86. The molecule has 0 radical (unpaired) electrons. The van der Waals surface area contributed by atoms with Gasteiger partial charge < -0.3 is 20.1 Å². The average Bonchev–Trinajstić information content (AvgIpc) is 2.98. The van der Waals surface area contributed by atoms with Crippen LogP contribution in [0.1, 0.15) is 76.2 Å². The molecule has 3 rings (SSSR count). The van der Waals surface area contributed by atoms with Gasteiger partial charge in [-0.05, 0) is 63.8 Å². The Hall–Kier alpha value is -3.72. The van der Waals surface area contributed by atoms with Crippen molar-refractivity contribution in [3.63, 3.8) is 0 Å². The monoisotopic (exact) mass is 593 g/mol. The van der Waals surface area contributed by atoms with Gasteiger partial charge in [-0.2, -0.15) is 0 Å². The van der Waals surface area contributed by atoms with E-state index in [-0.39, 0.29) is 30.6 Å². The molecule has 0 bridgehead atoms. The molecule has 0 aliphatic carbocycles. The molecule has 1 heterocycles. The molecule has 1 fully saturated rings. The molecule has 43 heavy (non-hydrogen) atoms. The number of ketones is 1. The van der Waals surface area contributed by atoms with Crippen LogP contribution in [0.25, 0.3) is 0 Å². The number of piperidine rings is 1. The standard InChI is InChI=1S/C34H47N3O6/c1-7-23(2)30(33(41)43-34(3,4)5)36-31(39)27(20-24-14-9-8-10-15-24)35-32(40)28-18-11-12-19-37(28)22-29(38)25-16-13-17-26(21-25)42-6/h8-10,13-17,21,23,27-28,30H,7,11-12,18-20,22H2,1-6H3,(H,35,40)(H,36,39)/t23?,27-,28-,30?/m0/s1. The molecule has 0 saturated carbocycles. The van der Waals surface area contributed by atoms with Gasteiger partial charge in [0.05, 0.1) is 19.7 Å². The summed E-state index contributed by atoms with van der Waals surface area (Å²) in [5.41, 5.74) is 0.676. The van der Waals surface area contributed by atoms with E-state index in [1.54, 1.807) is 52.1 Å². The van der Waals surface area contributed by atoms with Gasteiger partial charge in [-0.25, -0.2) is 4.79 Å². The van der Waals surface area contributed by atoms with Crippen LogP contribution in [0.4, 0.5) is 0 Å². The zero-order valence-electron chi connectivity index (χ0n) is 26.4. The highest BCUT2D eigenvalue weighted by molar-refractivity contribution is 5.98. The van der Waals surface area contributed by atoms with Gasteiger partial charge in [-0.1, -0.05) is 69.2 Å². The van der Waals surface area contributed by atoms with E-state index in [2.05, 4.69) is 10.6 Å². The molecule has 2 N–H and O–H groups in total. The quantitative estimate of drug-likeness (QED) is 0.263. The Bertz CT molecular complexity index is 1240. The topological polar surface area (TPSA) is 114 Å². The van der Waals surface area contributed by atoms with Crippen LogP contribution in [0, 0.1) is 5.92 Å². The maximum Gasteiger partial charge on any atom is 0.329 e. The normalized spacial score (nSPS) is 17.7. The lowest BCUT2D eigenvalue weighted by molar-refractivity contribution is -0.160. The van der Waals surface area contributed by atoms with Gasteiger partial charge in [0.15, 0.2) is 5.78 Å². The molecular weight excluding hydrogens is 546 g/mol. The smallest absolute Gasteiger partial charge is 0.329 e. The Morgan fingerprint density at radius 3 is 2.37 bits per heavy atom. The number of hydrogen-bond donors (Lipinski definition) is 2. The second kappa shape index (κ2) is 15.7. The van der Waals surface area contributed by atoms with Crippen LogP contribution in [-0.4, -0.2) is 72.4 Å². The molecule has 234 valence electrons. The van der Waals surface area contributed by atoms with Gasteiger partial charge in [-0.3, -0.25) is 19.3 Å². The zero-order valence-corrected chi connectivity index (χ0v) is 26.4. The summed E-state index contributed by atoms with van der Waals surface area (Å²) in [7, 11) is 1.55. The average molecular weight is 594 g/mol. The van der Waals surface area contributed by atoms with Crippen molar-refractivity contribution in [1.29, 1.82) is 0 Å². The van der Waals surface area contributed by atoms with Crippen LogP contribution in [0.5, 0.6) is 5.75 Å². The first-order valence-corrected chi connectivity index (χ1v) is 15.2. The summed E-state index contributed by atoms with van der Waals surface area (Å²) in [5.74, 6) is -0.964. The number of benzene rings is 2. The van der Waals surface area contributed by atoms with E-state index in [0.29, 0.717) is 30.7 Å². The maximum absolute atomic E-state index is 13.8. The molecule has 1 aliphatic rings. The van der Waals surface area contributed by atoms with Crippen LogP contribution in [0.15, 0.2) is 54.6 Å². The number of esters is 1. The Labute approximate surface area is 255 Å². The Kier molecular flexibility index (Phi) is 12.3. The minimum absolute atomic E-state index is 0.0789. The van der Waals surface area contributed by atoms with Crippen LogP contribution in [0.3, 0.4) is 0 Å². The fourth-order valence-corrected chi connectivity index (χ4v) is 5.16. The Morgan fingerprint density at radius 2 is 1.72 bits per heavy atom. The van der Waals surface area contributed by atoms with Crippen LogP contribution < -0.4 is 15.4 Å². The highest BCUT2D eigenvalue weighted by Gasteiger charge is 2.36. The van der Waals surface area contributed by atoms with E-state index in [9.17, 15) is 19.2 Å². The van der Waals surface area contributed by atoms with Crippen molar-refractivity contribution in [3.8, 4) is 5.75 Å². The minimum atomic E-state index is -0.929. The van der Waals surface area contributed by atoms with Gasteiger partial charge in [0.25, 0.3) is 0 Å². The third-order valence-electron chi connectivity index (χ3n) is 7.74. The summed E-state index contributed by atoms with van der Waals surface area (Å²) in [6.45, 7) is 9.86. The lowest BCUT2D eigenvalue weighted by Crippen LogP contribution is -2.58. The highest BCUT2D eigenvalue weighted by Crippen LogP contribution is 2.20. The number of nitrogens with zero attached hydrogens (tertiary/aromatic N) is 1. The van der Waals surface area contributed by atoms with E-state index >= 15 is 0 Å². The van der Waals surface area contributed by atoms with E-state index < -0.39 is 35.6 Å². The largest absolute Gasteiger partial charge is 0.497 e. The number of amides is 2. The molecule has 0 aromatic heterocycles. The van der Waals surface area contributed by atoms with Crippen molar-refractivity contribution < 1.29 is 28.7 Å². The molecule has 2 aromatic rings. The van der Waals surface area contributed by atoms with Crippen molar-refractivity contribution >= 4 is 23.6 Å². The van der Waals surface area contributed by atoms with E-state index in [1.165, 1.54) is 0 Å². The van der Waals surface area contributed by atoms with Crippen molar-refractivity contribution in [1.82, 2.24) is 15.5 Å². The third-order valence-corrected chi connectivity index (χ3v) is 7.74. The number of Topliss-reactive ketones (excluding diaryl/α,β-unsaturated/α-hetero) is 1. The van der Waals surface area contributed by atoms with E-state index in [1.807, 2.05) is 49.1 Å². The van der Waals surface area contributed by atoms with Crippen LogP contribution >= 0.6 is 0 Å². The number of likely N-dealkylation sites (tertiary alicyclic amines) is 1. The first-order chi connectivity index (χ1) is 20.4. The minimum Gasteiger partial charge on any atom is -0.497 e. The first kappa shape index (κ1) is 33.8. The molecule has 1 aliphatic heterocycles. The molecular formula is C34H47N3O6. The number of carbonyl (C=O) groups excluding carboxylic acids is 4. The first-order valence-electron chi connectivity index (χ1n) is 15.2. The summed E-state index contributed by atoms with van der Waals surface area (Å²) < 4.78 is 10.9. The molecule has 9 heteroatoms. The third kappa shape index (κ3) is 10.2. The Morgan fingerprint density at radius 1 is 1.00 bits per heavy atom. The molecule has 9 nitrogen and oxygen atoms in total. The van der Waals surface area contributed by atoms with Crippen LogP contribution in [-0.2, 0) is 25.5 Å². The van der Waals surface area contributed by atoms with E-state index in [4.69, 9.17) is 9.47 Å². The second-order valence-electron chi connectivity index (χ2n) is 12.3. The molecule has 0 spiro atoms. The number of hydrogen-bond acceptors (Lipinski definition) is 7. The van der Waals surface area contributed by atoms with Crippen molar-refractivity contribution in [2.24, 2.45) is 5.92 Å². The molecule has 2 amide bonds. The van der Waals surface area contributed by atoms with Crippen molar-refractivity contribution in [2.75, 3.05) is 20.2 Å². The summed E-state index contributed by atoms with van der Waals surface area (Å²) in [6, 6.07) is 14.1.